The van der Waals surface area contributed by atoms with Crippen LogP contribution in [0.1, 0.15) is 16.2 Å². The number of carbonyl (C=O) groups excluding carboxylic acids is 1. The van der Waals surface area contributed by atoms with Gasteiger partial charge in [0, 0.05) is 29.8 Å². The van der Waals surface area contributed by atoms with Gasteiger partial charge >= 0.3 is 5.97 Å². The Labute approximate surface area is 154 Å². The van der Waals surface area contributed by atoms with Crippen molar-refractivity contribution in [3.8, 4) is 22.6 Å². The molecule has 4 aromatic rings. The molecule has 0 saturated heterocycles. The minimum Gasteiger partial charge on any atom is -0.464 e. The van der Waals surface area contributed by atoms with E-state index in [4.69, 9.17) is 10.5 Å². The van der Waals surface area contributed by atoms with Crippen molar-refractivity contribution in [1.29, 1.82) is 0 Å². The predicted octanol–water partition coefficient (Wildman–Crippen LogP) is 2.53. The molecule has 0 bridgehead atoms. The van der Waals surface area contributed by atoms with Crippen molar-refractivity contribution < 1.29 is 9.53 Å². The third-order valence-electron chi connectivity index (χ3n) is 4.17. The molecular formula is C19H16N6O2. The lowest BCUT2D eigenvalue weighted by Gasteiger charge is -2.12. The van der Waals surface area contributed by atoms with E-state index in [9.17, 15) is 4.79 Å². The second-order valence-electron chi connectivity index (χ2n) is 5.91. The molecule has 0 radical (unpaired) electrons. The van der Waals surface area contributed by atoms with Crippen molar-refractivity contribution in [3.05, 3.63) is 60.3 Å². The largest absolute Gasteiger partial charge is 0.464 e. The number of nitrogen functional groups attached to an aromatic ring is 1. The summed E-state index contributed by atoms with van der Waals surface area (Å²) in [4.78, 5) is 29.6. The Morgan fingerprint density at radius 2 is 1.96 bits per heavy atom. The van der Waals surface area contributed by atoms with Gasteiger partial charge in [0.1, 0.15) is 17.0 Å². The van der Waals surface area contributed by atoms with Crippen molar-refractivity contribution in [3.63, 3.8) is 0 Å². The van der Waals surface area contributed by atoms with E-state index in [1.54, 1.807) is 12.4 Å². The highest BCUT2D eigenvalue weighted by atomic mass is 16.5. The van der Waals surface area contributed by atoms with Crippen LogP contribution in [0.3, 0.4) is 0 Å². The fraction of sp³-hybridized carbons (Fsp3) is 0.105. The van der Waals surface area contributed by atoms with Crippen LogP contribution in [0.25, 0.3) is 28.3 Å². The second-order valence-corrected chi connectivity index (χ2v) is 5.91. The van der Waals surface area contributed by atoms with Crippen LogP contribution in [0.15, 0.2) is 48.9 Å². The molecule has 134 valence electrons. The molecular weight excluding hydrogens is 344 g/mol. The van der Waals surface area contributed by atoms with Crippen LogP contribution < -0.4 is 5.73 Å². The SMILES string of the molecule is COC(=O)c1nc(-c2ccc3ncc(C)n3c2)c(-c2ccccn2)nc1N. The first-order valence-corrected chi connectivity index (χ1v) is 8.20. The highest BCUT2D eigenvalue weighted by molar-refractivity contribution is 5.94. The monoisotopic (exact) mass is 360 g/mol. The van der Waals surface area contributed by atoms with Gasteiger partial charge in [-0.1, -0.05) is 6.07 Å². The number of carbonyl (C=O) groups is 1. The van der Waals surface area contributed by atoms with Gasteiger partial charge in [0.25, 0.3) is 0 Å². The first kappa shape index (κ1) is 16.6. The average molecular weight is 360 g/mol. The molecule has 8 heteroatoms. The normalized spacial score (nSPS) is 10.9. The number of anilines is 1. The minimum atomic E-state index is -0.645. The molecule has 8 nitrogen and oxygen atoms in total. The van der Waals surface area contributed by atoms with Crippen molar-refractivity contribution in [2.45, 2.75) is 6.92 Å². The molecule has 2 N–H and O–H groups in total. The fourth-order valence-electron chi connectivity index (χ4n) is 2.82. The summed E-state index contributed by atoms with van der Waals surface area (Å²) in [5, 5.41) is 0. The van der Waals surface area contributed by atoms with Gasteiger partial charge in [-0.3, -0.25) is 4.98 Å². The maximum absolute atomic E-state index is 12.1. The number of hydrogen-bond acceptors (Lipinski definition) is 7. The number of fused-ring (bicyclic) bond motifs is 1. The molecule has 0 aromatic carbocycles. The molecule has 0 fully saturated rings. The van der Waals surface area contributed by atoms with Crippen LogP contribution >= 0.6 is 0 Å². The number of hydrogen-bond donors (Lipinski definition) is 1. The lowest BCUT2D eigenvalue weighted by molar-refractivity contribution is 0.0595. The maximum Gasteiger partial charge on any atom is 0.360 e. The Kier molecular flexibility index (Phi) is 4.00. The van der Waals surface area contributed by atoms with Gasteiger partial charge in [-0.05, 0) is 31.2 Å². The van der Waals surface area contributed by atoms with Crippen LogP contribution in [0.2, 0.25) is 0 Å². The minimum absolute atomic E-state index is 0.00820. The van der Waals surface area contributed by atoms with Gasteiger partial charge in [0.05, 0.1) is 12.8 Å². The van der Waals surface area contributed by atoms with Crippen LogP contribution in [-0.2, 0) is 4.74 Å². The number of aryl methyl sites for hydroxylation is 1. The summed E-state index contributed by atoms with van der Waals surface area (Å²) in [6.07, 6.45) is 5.34. The summed E-state index contributed by atoms with van der Waals surface area (Å²) in [6.45, 7) is 1.96. The molecule has 4 aromatic heterocycles. The number of methoxy groups -OCH3 is 1. The van der Waals surface area contributed by atoms with Gasteiger partial charge in [0.2, 0.25) is 0 Å². The Bertz CT molecular complexity index is 1150. The Hall–Kier alpha value is -3.81. The van der Waals surface area contributed by atoms with Gasteiger partial charge in [-0.25, -0.2) is 19.7 Å². The zero-order valence-corrected chi connectivity index (χ0v) is 14.7. The van der Waals surface area contributed by atoms with Crippen LogP contribution in [-0.4, -0.2) is 37.4 Å². The second kappa shape index (κ2) is 6.49. The average Bonchev–Trinajstić information content (AvgIpc) is 3.08. The van der Waals surface area contributed by atoms with Crippen LogP contribution in [0.5, 0.6) is 0 Å². The highest BCUT2D eigenvalue weighted by Gasteiger charge is 2.21. The summed E-state index contributed by atoms with van der Waals surface area (Å²) < 4.78 is 6.72. The number of pyridine rings is 2. The van der Waals surface area contributed by atoms with E-state index in [-0.39, 0.29) is 11.5 Å². The maximum atomic E-state index is 12.1. The first-order chi connectivity index (χ1) is 13.1. The molecule has 0 atom stereocenters. The van der Waals surface area contributed by atoms with E-state index in [1.807, 2.05) is 47.9 Å². The number of imidazole rings is 1. The lowest BCUT2D eigenvalue weighted by atomic mass is 10.1. The topological polar surface area (TPSA) is 108 Å². The Morgan fingerprint density at radius 3 is 2.70 bits per heavy atom. The molecule has 0 amide bonds. The molecule has 0 spiro atoms. The van der Waals surface area contributed by atoms with E-state index in [0.29, 0.717) is 17.1 Å². The number of nitrogens with two attached hydrogens (primary N) is 1. The van der Waals surface area contributed by atoms with E-state index in [1.165, 1.54) is 7.11 Å². The summed E-state index contributed by atoms with van der Waals surface area (Å²) in [5.74, 6) is -0.653. The summed E-state index contributed by atoms with van der Waals surface area (Å²) in [6, 6.07) is 9.22. The quantitative estimate of drug-likeness (QED) is 0.559. The van der Waals surface area contributed by atoms with E-state index in [0.717, 1.165) is 16.9 Å². The van der Waals surface area contributed by atoms with Crippen molar-refractivity contribution >= 4 is 17.4 Å². The third-order valence-corrected chi connectivity index (χ3v) is 4.17. The summed E-state index contributed by atoms with van der Waals surface area (Å²) in [5.41, 5.74) is 10.0. The zero-order chi connectivity index (χ0) is 19.0. The molecule has 4 rings (SSSR count). The molecule has 0 aliphatic rings. The number of aromatic nitrogens is 5. The standard InChI is InChI=1S/C19H16N6O2/c1-11-9-22-14-7-6-12(10-25(11)14)15-16(13-5-3-4-8-21-13)24-18(20)17(23-15)19(26)27-2/h3-10H,1-2H3,(H2,20,24). The van der Waals surface area contributed by atoms with Crippen molar-refractivity contribution in [2.75, 3.05) is 12.8 Å². The number of ether oxygens (including phenoxy) is 1. The van der Waals surface area contributed by atoms with Crippen LogP contribution in [0.4, 0.5) is 5.82 Å². The van der Waals surface area contributed by atoms with Gasteiger partial charge < -0.3 is 14.9 Å². The van der Waals surface area contributed by atoms with Crippen molar-refractivity contribution in [1.82, 2.24) is 24.3 Å². The smallest absolute Gasteiger partial charge is 0.360 e. The molecule has 0 aliphatic carbocycles. The molecule has 0 unspecified atom stereocenters. The third kappa shape index (κ3) is 2.86. The zero-order valence-electron chi connectivity index (χ0n) is 14.7. The van der Waals surface area contributed by atoms with E-state index in [2.05, 4.69) is 19.9 Å². The van der Waals surface area contributed by atoms with Gasteiger partial charge in [-0.15, -0.1) is 0 Å². The lowest BCUT2D eigenvalue weighted by Crippen LogP contribution is -2.12. The molecule has 0 saturated carbocycles. The summed E-state index contributed by atoms with van der Waals surface area (Å²) >= 11 is 0. The van der Waals surface area contributed by atoms with Crippen LogP contribution in [0, 0.1) is 6.92 Å². The molecule has 4 heterocycles. The molecule has 27 heavy (non-hydrogen) atoms. The molecule has 0 aliphatic heterocycles. The number of rotatable bonds is 3. The fourth-order valence-corrected chi connectivity index (χ4v) is 2.82. The highest BCUT2D eigenvalue weighted by Crippen LogP contribution is 2.30. The number of esters is 1. The van der Waals surface area contributed by atoms with Gasteiger partial charge in [0.15, 0.2) is 11.5 Å². The first-order valence-electron chi connectivity index (χ1n) is 8.20. The Balaban J connectivity index is 2.00. The Morgan fingerprint density at radius 1 is 1.11 bits per heavy atom. The van der Waals surface area contributed by atoms with Crippen molar-refractivity contribution in [2.24, 2.45) is 0 Å². The van der Waals surface area contributed by atoms with E-state index >= 15 is 0 Å². The van der Waals surface area contributed by atoms with E-state index < -0.39 is 5.97 Å². The number of nitrogens with zero attached hydrogens (tertiary/aromatic N) is 5. The predicted molar refractivity (Wildman–Crippen MR) is 99.9 cm³/mol. The van der Waals surface area contributed by atoms with Gasteiger partial charge in [-0.2, -0.15) is 0 Å². The summed E-state index contributed by atoms with van der Waals surface area (Å²) in [7, 11) is 1.27.